The van der Waals surface area contributed by atoms with Gasteiger partial charge in [0, 0.05) is 31.1 Å². The molecule has 1 N–H and O–H groups in total. The number of piperidine rings is 1. The van der Waals surface area contributed by atoms with Gasteiger partial charge in [0.05, 0.1) is 7.11 Å². The lowest BCUT2D eigenvalue weighted by atomic mass is 9.63. The molecule has 0 saturated carbocycles. The smallest absolute Gasteiger partial charge is 0.328 e. The lowest BCUT2D eigenvalue weighted by Crippen LogP contribution is -2.63. The minimum atomic E-state index is -0.634. The number of methoxy groups -OCH3 is 1. The summed E-state index contributed by atoms with van der Waals surface area (Å²) in [6, 6.07) is 6.34. The Kier molecular flexibility index (Phi) is 8.38. The number of hydrogen-bond donors (Lipinski definition) is 1. The number of ether oxygens (including phenoxy) is 1. The molecule has 7 heteroatoms. The number of amides is 2. The number of rotatable bonds is 8. The maximum atomic E-state index is 13.6. The molecule has 184 valence electrons. The van der Waals surface area contributed by atoms with Crippen LogP contribution in [0.15, 0.2) is 24.3 Å². The average molecular weight is 462 g/mol. The van der Waals surface area contributed by atoms with E-state index in [1.165, 1.54) is 7.11 Å². The van der Waals surface area contributed by atoms with Crippen LogP contribution in [-0.4, -0.2) is 61.1 Å². The molecular formula is C26H40FN3O3. The van der Waals surface area contributed by atoms with Crippen molar-refractivity contribution in [3.63, 3.8) is 0 Å². The van der Waals surface area contributed by atoms with Crippen molar-refractivity contribution in [1.82, 2.24) is 15.1 Å². The van der Waals surface area contributed by atoms with Gasteiger partial charge in [-0.25, -0.2) is 14.0 Å². The maximum Gasteiger partial charge on any atom is 0.328 e. The summed E-state index contributed by atoms with van der Waals surface area (Å²) >= 11 is 0. The summed E-state index contributed by atoms with van der Waals surface area (Å²) in [5, 5.41) is 2.90. The van der Waals surface area contributed by atoms with Crippen LogP contribution in [0.5, 0.6) is 0 Å². The van der Waals surface area contributed by atoms with Gasteiger partial charge in [0.25, 0.3) is 0 Å². The number of carbonyl (C=O) groups is 2. The van der Waals surface area contributed by atoms with E-state index in [4.69, 9.17) is 4.74 Å². The van der Waals surface area contributed by atoms with Crippen LogP contribution in [0, 0.1) is 23.1 Å². The third-order valence-corrected chi connectivity index (χ3v) is 7.64. The lowest BCUT2D eigenvalue weighted by Gasteiger charge is -2.61. The van der Waals surface area contributed by atoms with E-state index in [0.717, 1.165) is 44.3 Å². The largest absolute Gasteiger partial charge is 0.467 e. The summed E-state index contributed by atoms with van der Waals surface area (Å²) in [5.41, 5.74) is 1.26. The van der Waals surface area contributed by atoms with E-state index in [1.54, 1.807) is 12.1 Å². The molecule has 0 aromatic heterocycles. The summed E-state index contributed by atoms with van der Waals surface area (Å²) in [4.78, 5) is 29.5. The fourth-order valence-electron chi connectivity index (χ4n) is 5.31. The quantitative estimate of drug-likeness (QED) is 0.575. The molecule has 3 rings (SSSR count). The van der Waals surface area contributed by atoms with E-state index >= 15 is 0 Å². The van der Waals surface area contributed by atoms with E-state index in [-0.39, 0.29) is 29.2 Å². The van der Waals surface area contributed by atoms with Crippen molar-refractivity contribution in [2.75, 3.05) is 33.3 Å². The number of likely N-dealkylation sites (tertiary alicyclic amines) is 2. The Hall–Kier alpha value is -2.15. The predicted molar refractivity (Wildman–Crippen MR) is 127 cm³/mol. The highest BCUT2D eigenvalue weighted by atomic mass is 19.1. The van der Waals surface area contributed by atoms with Crippen LogP contribution in [0.2, 0.25) is 0 Å². The third-order valence-electron chi connectivity index (χ3n) is 7.64. The van der Waals surface area contributed by atoms with Crippen LogP contribution in [0.1, 0.15) is 65.0 Å². The van der Waals surface area contributed by atoms with Crippen molar-refractivity contribution < 1.29 is 18.7 Å². The van der Waals surface area contributed by atoms with Gasteiger partial charge < -0.3 is 15.0 Å². The third kappa shape index (κ3) is 5.68. The minimum absolute atomic E-state index is 0.00142. The van der Waals surface area contributed by atoms with E-state index in [2.05, 4.69) is 24.1 Å². The van der Waals surface area contributed by atoms with E-state index in [9.17, 15) is 14.0 Å². The van der Waals surface area contributed by atoms with Crippen LogP contribution in [0.3, 0.4) is 0 Å². The first-order valence-electron chi connectivity index (χ1n) is 12.3. The lowest BCUT2D eigenvalue weighted by molar-refractivity contribution is -0.144. The zero-order valence-electron chi connectivity index (χ0n) is 20.8. The first-order valence-corrected chi connectivity index (χ1v) is 12.3. The second-order valence-electron chi connectivity index (χ2n) is 10.3. The Morgan fingerprint density at radius 1 is 1.18 bits per heavy atom. The van der Waals surface area contributed by atoms with Crippen molar-refractivity contribution in [3.05, 3.63) is 35.6 Å². The van der Waals surface area contributed by atoms with Crippen LogP contribution >= 0.6 is 0 Å². The molecule has 33 heavy (non-hydrogen) atoms. The molecule has 2 saturated heterocycles. The molecule has 1 aromatic rings. The fourth-order valence-corrected chi connectivity index (χ4v) is 5.31. The van der Waals surface area contributed by atoms with E-state index in [0.29, 0.717) is 19.0 Å². The molecule has 3 unspecified atom stereocenters. The molecule has 6 nitrogen and oxygen atoms in total. The highest BCUT2D eigenvalue weighted by Crippen LogP contribution is 2.55. The van der Waals surface area contributed by atoms with Gasteiger partial charge in [0.1, 0.15) is 11.9 Å². The van der Waals surface area contributed by atoms with Gasteiger partial charge in [0.2, 0.25) is 0 Å². The second kappa shape index (κ2) is 10.9. The number of urea groups is 1. The zero-order chi connectivity index (χ0) is 24.2. The minimum Gasteiger partial charge on any atom is -0.467 e. The van der Waals surface area contributed by atoms with Crippen LogP contribution < -0.4 is 5.32 Å². The molecule has 2 heterocycles. The SMILES string of the molecule is CCC(C)C(NC(=O)N1CCC2(CC1)CN(CCC(C)C)C2c1ccc(F)cc1)C(=O)OC. The normalized spacial score (nSPS) is 22.0. The van der Waals surface area contributed by atoms with Crippen molar-refractivity contribution in [1.29, 1.82) is 0 Å². The molecule has 2 aliphatic heterocycles. The summed E-state index contributed by atoms with van der Waals surface area (Å²) < 4.78 is 18.5. The maximum absolute atomic E-state index is 13.6. The fraction of sp³-hybridized carbons (Fsp3) is 0.692. The van der Waals surface area contributed by atoms with Gasteiger partial charge in [-0.3, -0.25) is 4.90 Å². The molecule has 0 aliphatic carbocycles. The highest BCUT2D eigenvalue weighted by molar-refractivity contribution is 5.83. The number of carbonyl (C=O) groups excluding carboxylic acids is 2. The summed E-state index contributed by atoms with van der Waals surface area (Å²) in [6.45, 7) is 11.7. The molecule has 2 amide bonds. The van der Waals surface area contributed by atoms with Crippen LogP contribution in [0.4, 0.5) is 9.18 Å². The topological polar surface area (TPSA) is 61.9 Å². The molecule has 0 radical (unpaired) electrons. The Labute approximate surface area is 197 Å². The van der Waals surface area contributed by atoms with Gasteiger partial charge in [-0.15, -0.1) is 0 Å². The number of halogens is 1. The zero-order valence-corrected chi connectivity index (χ0v) is 20.8. The van der Waals surface area contributed by atoms with Gasteiger partial charge >= 0.3 is 12.0 Å². The molecule has 2 aliphatic rings. The summed E-state index contributed by atoms with van der Waals surface area (Å²) in [5.74, 6) is 0.0203. The molecule has 1 spiro atoms. The number of esters is 1. The first kappa shape index (κ1) is 25.5. The van der Waals surface area contributed by atoms with Crippen LogP contribution in [0.25, 0.3) is 0 Å². The number of hydrogen-bond acceptors (Lipinski definition) is 4. The molecule has 2 fully saturated rings. The Bertz CT molecular complexity index is 806. The Morgan fingerprint density at radius 2 is 1.82 bits per heavy atom. The Morgan fingerprint density at radius 3 is 2.36 bits per heavy atom. The number of benzene rings is 1. The van der Waals surface area contributed by atoms with E-state index < -0.39 is 12.0 Å². The van der Waals surface area contributed by atoms with Gasteiger partial charge in [-0.05, 0) is 55.3 Å². The van der Waals surface area contributed by atoms with E-state index in [1.807, 2.05) is 30.9 Å². The summed E-state index contributed by atoms with van der Waals surface area (Å²) in [7, 11) is 1.35. The average Bonchev–Trinajstić information content (AvgIpc) is 2.80. The van der Waals surface area contributed by atoms with Crippen molar-refractivity contribution in [2.45, 2.75) is 65.5 Å². The second-order valence-corrected chi connectivity index (χ2v) is 10.3. The molecule has 3 atom stereocenters. The highest BCUT2D eigenvalue weighted by Gasteiger charge is 2.54. The Balaban J connectivity index is 1.67. The van der Waals surface area contributed by atoms with Gasteiger partial charge in [0.15, 0.2) is 0 Å². The molecule has 0 bridgehead atoms. The number of nitrogens with zero attached hydrogens (tertiary/aromatic N) is 2. The summed E-state index contributed by atoms with van der Waals surface area (Å²) in [6.07, 6.45) is 3.70. The van der Waals surface area contributed by atoms with Crippen molar-refractivity contribution >= 4 is 12.0 Å². The van der Waals surface area contributed by atoms with Crippen molar-refractivity contribution in [3.8, 4) is 0 Å². The van der Waals surface area contributed by atoms with Crippen molar-refractivity contribution in [2.24, 2.45) is 17.3 Å². The number of nitrogens with one attached hydrogen (secondary N) is 1. The van der Waals surface area contributed by atoms with Gasteiger partial charge in [-0.2, -0.15) is 0 Å². The molecule has 1 aromatic carbocycles. The van der Waals surface area contributed by atoms with Crippen LogP contribution in [-0.2, 0) is 9.53 Å². The monoisotopic (exact) mass is 461 g/mol. The predicted octanol–water partition coefficient (Wildman–Crippen LogP) is 4.61. The molecular weight excluding hydrogens is 421 g/mol. The van der Waals surface area contributed by atoms with Gasteiger partial charge in [-0.1, -0.05) is 46.2 Å². The standard InChI is InChI=1S/C26H40FN3O3/c1-6-19(4)22(24(31)33-5)28-25(32)29-15-12-26(13-16-29)17-30(14-11-18(2)3)23(26)20-7-9-21(27)10-8-20/h7-10,18-19,22-23H,6,11-17H2,1-5H3,(H,28,32). The first-order chi connectivity index (χ1) is 15.7.